The second-order valence-corrected chi connectivity index (χ2v) is 6.37. The molecule has 0 N–H and O–H groups in total. The van der Waals surface area contributed by atoms with Gasteiger partial charge in [0.1, 0.15) is 5.82 Å². The monoisotopic (exact) mass is 272 g/mol. The zero-order valence-corrected chi connectivity index (χ0v) is 11.4. The van der Waals surface area contributed by atoms with Gasteiger partial charge in [-0.15, -0.1) is 11.6 Å². The lowest BCUT2D eigenvalue weighted by Crippen LogP contribution is -2.21. The van der Waals surface area contributed by atoms with Crippen molar-refractivity contribution in [2.45, 2.75) is 32.1 Å². The van der Waals surface area contributed by atoms with Crippen molar-refractivity contribution >= 4 is 28.8 Å². The van der Waals surface area contributed by atoms with Crippen LogP contribution in [0.15, 0.2) is 24.3 Å². The lowest BCUT2D eigenvalue weighted by Gasteiger charge is -2.32. The summed E-state index contributed by atoms with van der Waals surface area (Å²) < 4.78 is 13.8. The van der Waals surface area contributed by atoms with Gasteiger partial charge in [0.05, 0.1) is 5.38 Å². The van der Waals surface area contributed by atoms with Crippen LogP contribution < -0.4 is 0 Å². The Morgan fingerprint density at radius 3 is 2.65 bits per heavy atom. The van der Waals surface area contributed by atoms with Crippen LogP contribution in [-0.4, -0.2) is 5.38 Å². The molecular formula is C14H15Cl2F. The first-order valence-electron chi connectivity index (χ1n) is 5.68. The molecule has 0 nitrogen and oxygen atoms in total. The van der Waals surface area contributed by atoms with Crippen molar-refractivity contribution in [2.24, 2.45) is 5.41 Å². The summed E-state index contributed by atoms with van der Waals surface area (Å²) in [6, 6.07) is 4.79. The summed E-state index contributed by atoms with van der Waals surface area (Å²) in [5.74, 6) is -0.273. The summed E-state index contributed by atoms with van der Waals surface area (Å²) in [5, 5.41) is 0.396. The summed E-state index contributed by atoms with van der Waals surface area (Å²) in [6.45, 7) is 4.31. The zero-order chi connectivity index (χ0) is 12.6. The van der Waals surface area contributed by atoms with Crippen LogP contribution in [0.25, 0.3) is 5.57 Å². The van der Waals surface area contributed by atoms with Gasteiger partial charge in [-0.2, -0.15) is 0 Å². The van der Waals surface area contributed by atoms with Crippen LogP contribution in [0.5, 0.6) is 0 Å². The summed E-state index contributed by atoms with van der Waals surface area (Å²) in [4.78, 5) is 0. The molecule has 3 heteroatoms. The van der Waals surface area contributed by atoms with Gasteiger partial charge in [-0.1, -0.05) is 37.6 Å². The molecule has 0 spiro atoms. The lowest BCUT2D eigenvalue weighted by molar-refractivity contribution is 0.340. The number of halogens is 3. The van der Waals surface area contributed by atoms with Crippen LogP contribution in [-0.2, 0) is 0 Å². The average molecular weight is 273 g/mol. The van der Waals surface area contributed by atoms with E-state index in [9.17, 15) is 4.39 Å². The van der Waals surface area contributed by atoms with Gasteiger partial charge >= 0.3 is 0 Å². The highest BCUT2D eigenvalue weighted by Gasteiger charge is 2.29. The lowest BCUT2D eigenvalue weighted by atomic mass is 9.75. The van der Waals surface area contributed by atoms with Crippen molar-refractivity contribution in [3.8, 4) is 0 Å². The molecule has 1 aliphatic rings. The minimum Gasteiger partial charge on any atom is -0.206 e. The molecule has 2 rings (SSSR count). The highest BCUT2D eigenvalue weighted by Crippen LogP contribution is 2.41. The van der Waals surface area contributed by atoms with Gasteiger partial charge in [0.15, 0.2) is 0 Å². The van der Waals surface area contributed by atoms with E-state index in [4.69, 9.17) is 23.2 Å². The predicted molar refractivity (Wildman–Crippen MR) is 72.0 cm³/mol. The maximum absolute atomic E-state index is 13.8. The van der Waals surface area contributed by atoms with Crippen molar-refractivity contribution in [2.75, 3.05) is 0 Å². The highest BCUT2D eigenvalue weighted by molar-refractivity contribution is 6.30. The second-order valence-electron chi connectivity index (χ2n) is 5.38. The van der Waals surface area contributed by atoms with Crippen molar-refractivity contribution < 1.29 is 4.39 Å². The molecule has 0 saturated carbocycles. The predicted octanol–water partition coefficient (Wildman–Crippen LogP) is 5.29. The van der Waals surface area contributed by atoms with E-state index >= 15 is 0 Å². The Bertz CT molecular complexity index is 463. The Balaban J connectivity index is 2.39. The fourth-order valence-corrected chi connectivity index (χ4v) is 3.12. The number of hydrogen-bond acceptors (Lipinski definition) is 0. The van der Waals surface area contributed by atoms with Gasteiger partial charge in [0.2, 0.25) is 0 Å². The fourth-order valence-electron chi connectivity index (χ4n) is 2.39. The molecule has 0 amide bonds. The van der Waals surface area contributed by atoms with Gasteiger partial charge in [-0.25, -0.2) is 4.39 Å². The van der Waals surface area contributed by atoms with E-state index in [0.717, 1.165) is 18.4 Å². The van der Waals surface area contributed by atoms with Crippen molar-refractivity contribution in [1.29, 1.82) is 0 Å². The van der Waals surface area contributed by atoms with Gasteiger partial charge in [-0.3, -0.25) is 0 Å². The van der Waals surface area contributed by atoms with E-state index < -0.39 is 0 Å². The molecule has 0 heterocycles. The summed E-state index contributed by atoms with van der Waals surface area (Å²) in [5.41, 5.74) is 1.71. The van der Waals surface area contributed by atoms with Gasteiger partial charge in [-0.05, 0) is 36.0 Å². The van der Waals surface area contributed by atoms with Gasteiger partial charge in [0.25, 0.3) is 0 Å². The van der Waals surface area contributed by atoms with Gasteiger partial charge in [0, 0.05) is 10.6 Å². The normalized spacial score (nSPS) is 23.4. The molecule has 1 unspecified atom stereocenters. The first-order chi connectivity index (χ1) is 7.87. The van der Waals surface area contributed by atoms with Crippen LogP contribution in [0.2, 0.25) is 5.02 Å². The minimum absolute atomic E-state index is 0.0242. The first-order valence-corrected chi connectivity index (χ1v) is 6.49. The molecule has 0 saturated heterocycles. The van der Waals surface area contributed by atoms with Crippen molar-refractivity contribution in [1.82, 2.24) is 0 Å². The molecule has 17 heavy (non-hydrogen) atoms. The van der Waals surface area contributed by atoms with E-state index in [2.05, 4.69) is 13.8 Å². The minimum atomic E-state index is -0.273. The third-order valence-electron chi connectivity index (χ3n) is 3.08. The highest BCUT2D eigenvalue weighted by atomic mass is 35.5. The second kappa shape index (κ2) is 4.62. The Kier molecular flexibility index (Phi) is 3.51. The average Bonchev–Trinajstić information content (AvgIpc) is 2.13. The molecule has 0 aliphatic heterocycles. The molecule has 1 atom stereocenters. The van der Waals surface area contributed by atoms with Crippen molar-refractivity contribution in [3.63, 3.8) is 0 Å². The Hall–Kier alpha value is -0.530. The van der Waals surface area contributed by atoms with Crippen LogP contribution in [0, 0.1) is 11.2 Å². The molecule has 0 fully saturated rings. The molecular weight excluding hydrogens is 258 g/mol. The van der Waals surface area contributed by atoms with Gasteiger partial charge < -0.3 is 0 Å². The van der Waals surface area contributed by atoms with Crippen LogP contribution >= 0.6 is 23.2 Å². The fraction of sp³-hybridized carbons (Fsp3) is 0.429. The molecule has 0 bridgehead atoms. The van der Waals surface area contributed by atoms with Crippen molar-refractivity contribution in [3.05, 3.63) is 40.7 Å². The quantitative estimate of drug-likeness (QED) is 0.610. The number of alkyl halides is 1. The maximum atomic E-state index is 13.8. The van der Waals surface area contributed by atoms with E-state index in [1.807, 2.05) is 6.08 Å². The SMILES string of the molecule is CC1(C)CC(c2ccc(Cl)cc2F)=CC(Cl)C1. The third kappa shape index (κ3) is 3.02. The number of rotatable bonds is 1. The standard InChI is InChI=1S/C14H15Cl2F/c1-14(2)7-9(5-11(16)8-14)12-4-3-10(15)6-13(12)17/h3-6,11H,7-8H2,1-2H3. The Labute approximate surface area is 111 Å². The largest absolute Gasteiger partial charge is 0.206 e. The molecule has 1 aromatic carbocycles. The number of allylic oxidation sites excluding steroid dienone is 2. The molecule has 1 aromatic rings. The summed E-state index contributed by atoms with van der Waals surface area (Å²) in [7, 11) is 0. The molecule has 0 radical (unpaired) electrons. The first kappa shape index (κ1) is 12.9. The van der Waals surface area contributed by atoms with Crippen LogP contribution in [0.1, 0.15) is 32.3 Å². The van der Waals surface area contributed by atoms with E-state index in [1.165, 1.54) is 6.07 Å². The van der Waals surface area contributed by atoms with E-state index in [-0.39, 0.29) is 16.6 Å². The summed E-state index contributed by atoms with van der Waals surface area (Å²) >= 11 is 12.0. The molecule has 0 aromatic heterocycles. The summed E-state index contributed by atoms with van der Waals surface area (Å²) in [6.07, 6.45) is 3.72. The Morgan fingerprint density at radius 2 is 2.06 bits per heavy atom. The number of benzene rings is 1. The van der Waals surface area contributed by atoms with E-state index in [0.29, 0.717) is 10.6 Å². The third-order valence-corrected chi connectivity index (χ3v) is 3.59. The smallest absolute Gasteiger partial charge is 0.132 e. The maximum Gasteiger partial charge on any atom is 0.132 e. The molecule has 92 valence electrons. The van der Waals surface area contributed by atoms with E-state index in [1.54, 1.807) is 12.1 Å². The van der Waals surface area contributed by atoms with Crippen LogP contribution in [0.3, 0.4) is 0 Å². The molecule has 1 aliphatic carbocycles. The van der Waals surface area contributed by atoms with Crippen LogP contribution in [0.4, 0.5) is 4.39 Å². The zero-order valence-electron chi connectivity index (χ0n) is 9.93. The number of hydrogen-bond donors (Lipinski definition) is 0. The topological polar surface area (TPSA) is 0 Å². The Morgan fingerprint density at radius 1 is 1.35 bits per heavy atom.